The number of hydrogen-bond donors (Lipinski definition) is 3. The summed E-state index contributed by atoms with van der Waals surface area (Å²) in [6.45, 7) is 1.89. The Hall–Kier alpha value is -2.38. The van der Waals surface area contributed by atoms with Gasteiger partial charge in [-0.25, -0.2) is 4.79 Å². The first kappa shape index (κ1) is 19.4. The number of amides is 3. The Morgan fingerprint density at radius 3 is 2.44 bits per heavy atom. The molecule has 1 aliphatic heterocycles. The molecule has 2 aromatic carbocycles. The molecular weight excluding hydrogens is 410 g/mol. The van der Waals surface area contributed by atoms with Gasteiger partial charge in [0, 0.05) is 40.9 Å². The molecule has 142 valence electrons. The van der Waals surface area contributed by atoms with Crippen LogP contribution in [0.4, 0.5) is 10.5 Å². The first-order chi connectivity index (χ1) is 13.0. The van der Waals surface area contributed by atoms with E-state index in [9.17, 15) is 9.59 Å². The van der Waals surface area contributed by atoms with E-state index in [1.54, 1.807) is 24.3 Å². The Labute approximate surface area is 166 Å². The minimum absolute atomic E-state index is 0.148. The SMILES string of the molecule is NC(=O)Nc1ccc(C(=O)NCC2(c3cccc(Br)c3)CCOCC2)cc1. The summed E-state index contributed by atoms with van der Waals surface area (Å²) >= 11 is 3.54. The molecule has 4 N–H and O–H groups in total. The molecule has 0 aromatic heterocycles. The van der Waals surface area contributed by atoms with Crippen LogP contribution < -0.4 is 16.4 Å². The summed E-state index contributed by atoms with van der Waals surface area (Å²) < 4.78 is 6.57. The second kappa shape index (κ2) is 8.54. The highest BCUT2D eigenvalue weighted by Crippen LogP contribution is 2.35. The molecule has 1 aliphatic rings. The smallest absolute Gasteiger partial charge is 0.316 e. The maximum atomic E-state index is 12.6. The van der Waals surface area contributed by atoms with Gasteiger partial charge in [-0.15, -0.1) is 0 Å². The first-order valence-electron chi connectivity index (χ1n) is 8.77. The van der Waals surface area contributed by atoms with E-state index in [-0.39, 0.29) is 11.3 Å². The molecular formula is C20H22BrN3O3. The number of rotatable bonds is 5. The summed E-state index contributed by atoms with van der Waals surface area (Å²) in [5.74, 6) is -0.151. The second-order valence-corrected chi connectivity index (χ2v) is 7.57. The van der Waals surface area contributed by atoms with Crippen LogP contribution >= 0.6 is 15.9 Å². The van der Waals surface area contributed by atoms with Crippen LogP contribution in [0.1, 0.15) is 28.8 Å². The maximum Gasteiger partial charge on any atom is 0.316 e. The normalized spacial score (nSPS) is 15.7. The molecule has 27 heavy (non-hydrogen) atoms. The van der Waals surface area contributed by atoms with Crippen LogP contribution in [0.2, 0.25) is 0 Å². The number of ether oxygens (including phenoxy) is 1. The Kier molecular flexibility index (Phi) is 6.13. The Balaban J connectivity index is 1.71. The summed E-state index contributed by atoms with van der Waals surface area (Å²) in [6, 6.07) is 14.2. The molecule has 1 fully saturated rings. The van der Waals surface area contributed by atoms with E-state index in [4.69, 9.17) is 10.5 Å². The first-order valence-corrected chi connectivity index (χ1v) is 9.56. The van der Waals surface area contributed by atoms with Gasteiger partial charge in [0.15, 0.2) is 0 Å². The third-order valence-electron chi connectivity index (χ3n) is 4.89. The van der Waals surface area contributed by atoms with Crippen molar-refractivity contribution in [2.24, 2.45) is 5.73 Å². The maximum absolute atomic E-state index is 12.6. The van der Waals surface area contributed by atoms with Crippen molar-refractivity contribution in [3.63, 3.8) is 0 Å². The lowest BCUT2D eigenvalue weighted by Crippen LogP contribution is -2.44. The molecule has 0 atom stereocenters. The molecule has 0 spiro atoms. The fraction of sp³-hybridized carbons (Fsp3) is 0.300. The van der Waals surface area contributed by atoms with Crippen LogP contribution in [0.15, 0.2) is 53.0 Å². The summed E-state index contributed by atoms with van der Waals surface area (Å²) in [4.78, 5) is 23.5. The van der Waals surface area contributed by atoms with Crippen molar-refractivity contribution in [2.45, 2.75) is 18.3 Å². The van der Waals surface area contributed by atoms with Crippen molar-refractivity contribution in [1.82, 2.24) is 5.32 Å². The van der Waals surface area contributed by atoms with E-state index in [0.29, 0.717) is 31.0 Å². The van der Waals surface area contributed by atoms with Crippen LogP contribution in [-0.2, 0) is 10.2 Å². The van der Waals surface area contributed by atoms with Gasteiger partial charge in [-0.3, -0.25) is 4.79 Å². The average molecular weight is 432 g/mol. The van der Waals surface area contributed by atoms with Gasteiger partial charge in [-0.05, 0) is 54.8 Å². The van der Waals surface area contributed by atoms with Gasteiger partial charge < -0.3 is 21.1 Å². The van der Waals surface area contributed by atoms with Crippen molar-refractivity contribution in [3.8, 4) is 0 Å². The summed E-state index contributed by atoms with van der Waals surface area (Å²) in [5.41, 5.74) is 7.22. The lowest BCUT2D eigenvalue weighted by Gasteiger charge is -2.38. The molecule has 0 bridgehead atoms. The van der Waals surface area contributed by atoms with Crippen LogP contribution in [0.5, 0.6) is 0 Å². The number of nitrogens with two attached hydrogens (primary N) is 1. The standard InChI is InChI=1S/C20H22BrN3O3/c21-16-3-1-2-15(12-16)20(8-10-27-11-9-20)13-23-18(25)14-4-6-17(7-5-14)24-19(22)26/h1-7,12H,8-11,13H2,(H,23,25)(H3,22,24,26). The van der Waals surface area contributed by atoms with Gasteiger partial charge in [0.1, 0.15) is 0 Å². The molecule has 3 amide bonds. The van der Waals surface area contributed by atoms with E-state index in [2.05, 4.69) is 38.7 Å². The zero-order valence-corrected chi connectivity index (χ0v) is 16.4. The lowest BCUT2D eigenvalue weighted by molar-refractivity contribution is 0.0487. The summed E-state index contributed by atoms with van der Waals surface area (Å²) in [6.07, 6.45) is 1.70. The predicted octanol–water partition coefficient (Wildman–Crippen LogP) is 3.42. The number of carbonyl (C=O) groups is 2. The van der Waals surface area contributed by atoms with E-state index in [0.717, 1.165) is 17.3 Å². The topological polar surface area (TPSA) is 93.5 Å². The zero-order chi connectivity index (χ0) is 19.3. The highest BCUT2D eigenvalue weighted by atomic mass is 79.9. The summed E-state index contributed by atoms with van der Waals surface area (Å²) in [7, 11) is 0. The molecule has 3 rings (SSSR count). The van der Waals surface area contributed by atoms with Crippen molar-refractivity contribution in [1.29, 1.82) is 0 Å². The second-order valence-electron chi connectivity index (χ2n) is 6.65. The zero-order valence-electron chi connectivity index (χ0n) is 14.8. The fourth-order valence-electron chi connectivity index (χ4n) is 3.35. The lowest BCUT2D eigenvalue weighted by atomic mass is 9.74. The van der Waals surface area contributed by atoms with Crippen LogP contribution in [0.25, 0.3) is 0 Å². The Morgan fingerprint density at radius 2 is 1.81 bits per heavy atom. The van der Waals surface area contributed by atoms with E-state index >= 15 is 0 Å². The molecule has 1 saturated heterocycles. The molecule has 6 nitrogen and oxygen atoms in total. The van der Waals surface area contributed by atoms with Gasteiger partial charge in [-0.2, -0.15) is 0 Å². The molecule has 0 saturated carbocycles. The molecule has 0 radical (unpaired) electrons. The van der Waals surface area contributed by atoms with Crippen molar-refractivity contribution in [2.75, 3.05) is 25.1 Å². The molecule has 0 unspecified atom stereocenters. The third kappa shape index (κ3) is 4.87. The minimum Gasteiger partial charge on any atom is -0.381 e. The van der Waals surface area contributed by atoms with Gasteiger partial charge in [0.25, 0.3) is 5.91 Å². The van der Waals surface area contributed by atoms with E-state index in [1.807, 2.05) is 12.1 Å². The van der Waals surface area contributed by atoms with Gasteiger partial charge in [-0.1, -0.05) is 28.1 Å². The van der Waals surface area contributed by atoms with Crippen molar-refractivity contribution >= 4 is 33.6 Å². The van der Waals surface area contributed by atoms with Crippen LogP contribution in [0.3, 0.4) is 0 Å². The van der Waals surface area contributed by atoms with Gasteiger partial charge in [0.05, 0.1) is 0 Å². The molecule has 7 heteroatoms. The number of benzene rings is 2. The highest BCUT2D eigenvalue weighted by Gasteiger charge is 2.35. The number of hydrogen-bond acceptors (Lipinski definition) is 3. The third-order valence-corrected chi connectivity index (χ3v) is 5.38. The Morgan fingerprint density at radius 1 is 1.11 bits per heavy atom. The number of primary amides is 1. The highest BCUT2D eigenvalue weighted by molar-refractivity contribution is 9.10. The van der Waals surface area contributed by atoms with Crippen molar-refractivity contribution in [3.05, 3.63) is 64.1 Å². The number of urea groups is 1. The van der Waals surface area contributed by atoms with Crippen molar-refractivity contribution < 1.29 is 14.3 Å². The number of halogens is 1. The quantitative estimate of drug-likeness (QED) is 0.676. The average Bonchev–Trinajstić information content (AvgIpc) is 2.67. The summed E-state index contributed by atoms with van der Waals surface area (Å²) in [5, 5.41) is 5.54. The molecule has 2 aromatic rings. The number of carbonyl (C=O) groups excluding carboxylic acids is 2. The minimum atomic E-state index is -0.636. The van der Waals surface area contributed by atoms with Crippen LogP contribution in [0, 0.1) is 0 Å². The Bertz CT molecular complexity index is 817. The molecule has 0 aliphatic carbocycles. The number of nitrogens with one attached hydrogen (secondary N) is 2. The largest absolute Gasteiger partial charge is 0.381 e. The van der Waals surface area contributed by atoms with Gasteiger partial charge in [0.2, 0.25) is 0 Å². The van der Waals surface area contributed by atoms with E-state index in [1.165, 1.54) is 5.56 Å². The van der Waals surface area contributed by atoms with Gasteiger partial charge >= 0.3 is 6.03 Å². The fourth-order valence-corrected chi connectivity index (χ4v) is 3.75. The van der Waals surface area contributed by atoms with E-state index < -0.39 is 6.03 Å². The number of anilines is 1. The van der Waals surface area contributed by atoms with Crippen LogP contribution in [-0.4, -0.2) is 31.7 Å². The predicted molar refractivity (Wildman–Crippen MR) is 108 cm³/mol. The monoisotopic (exact) mass is 431 g/mol. The molecule has 1 heterocycles.